The van der Waals surface area contributed by atoms with Gasteiger partial charge in [-0.3, -0.25) is 9.59 Å². The Morgan fingerprint density at radius 2 is 1.91 bits per heavy atom. The fourth-order valence-electron chi connectivity index (χ4n) is 2.67. The minimum absolute atomic E-state index is 0.0404. The Labute approximate surface area is 136 Å². The van der Waals surface area contributed by atoms with E-state index in [-0.39, 0.29) is 11.8 Å². The molecule has 1 aromatic carbocycles. The van der Waals surface area contributed by atoms with Crippen LogP contribution in [0.2, 0.25) is 0 Å². The molecule has 2 fully saturated rings. The number of nitrogens with one attached hydrogen (secondary N) is 1. The quantitative estimate of drug-likeness (QED) is 0.829. The molecular weight excluding hydrogens is 292 g/mol. The number of β-amino-alcohol motifs (C(OH)–C–C–N with tert-alkyl or cyclic N) is 1. The van der Waals surface area contributed by atoms with Gasteiger partial charge in [-0.1, -0.05) is 12.1 Å². The summed E-state index contributed by atoms with van der Waals surface area (Å²) >= 11 is 0. The number of piperidine rings is 1. The fourth-order valence-corrected chi connectivity index (χ4v) is 2.67. The summed E-state index contributed by atoms with van der Waals surface area (Å²) in [7, 11) is 0. The molecule has 1 saturated carbocycles. The van der Waals surface area contributed by atoms with E-state index < -0.39 is 6.10 Å². The third-order valence-electron chi connectivity index (χ3n) is 4.21. The monoisotopic (exact) mass is 314 g/mol. The molecule has 122 valence electrons. The molecule has 2 N–H and O–H groups in total. The van der Waals surface area contributed by atoms with Crippen molar-refractivity contribution in [1.82, 2.24) is 10.2 Å². The summed E-state index contributed by atoms with van der Waals surface area (Å²) in [4.78, 5) is 25.6. The van der Waals surface area contributed by atoms with E-state index in [9.17, 15) is 14.7 Å². The summed E-state index contributed by atoms with van der Waals surface area (Å²) in [5, 5.41) is 12.6. The number of aliphatic hydroxyl groups excluding tert-OH is 1. The topological polar surface area (TPSA) is 69.6 Å². The van der Waals surface area contributed by atoms with Gasteiger partial charge in [0.2, 0.25) is 5.91 Å². The Kier molecular flexibility index (Phi) is 4.76. The van der Waals surface area contributed by atoms with E-state index in [0.29, 0.717) is 24.7 Å². The second-order valence-electron chi connectivity index (χ2n) is 6.28. The number of hydrogen-bond donors (Lipinski definition) is 2. The first-order valence-electron chi connectivity index (χ1n) is 8.18. The van der Waals surface area contributed by atoms with Crippen molar-refractivity contribution in [3.05, 3.63) is 41.5 Å². The zero-order valence-electron chi connectivity index (χ0n) is 13.1. The largest absolute Gasteiger partial charge is 0.391 e. The van der Waals surface area contributed by atoms with E-state index >= 15 is 0 Å². The Morgan fingerprint density at radius 3 is 2.57 bits per heavy atom. The maximum absolute atomic E-state index is 12.1. The smallest absolute Gasteiger partial charge is 0.251 e. The predicted molar refractivity (Wildman–Crippen MR) is 87.8 cm³/mol. The highest BCUT2D eigenvalue weighted by molar-refractivity contribution is 5.95. The average molecular weight is 314 g/mol. The second kappa shape index (κ2) is 6.96. The molecule has 1 heterocycles. The van der Waals surface area contributed by atoms with Gasteiger partial charge in [0.05, 0.1) is 6.10 Å². The minimum Gasteiger partial charge on any atom is -0.391 e. The lowest BCUT2D eigenvalue weighted by molar-refractivity contribution is -0.128. The van der Waals surface area contributed by atoms with Gasteiger partial charge in [0.15, 0.2) is 0 Å². The van der Waals surface area contributed by atoms with Crippen LogP contribution in [0.4, 0.5) is 0 Å². The lowest BCUT2D eigenvalue weighted by Crippen LogP contribution is -2.41. The summed E-state index contributed by atoms with van der Waals surface area (Å²) < 4.78 is 0. The number of likely N-dealkylation sites (tertiary alicyclic amines) is 1. The maximum atomic E-state index is 12.1. The molecule has 23 heavy (non-hydrogen) atoms. The van der Waals surface area contributed by atoms with Crippen LogP contribution in [0.3, 0.4) is 0 Å². The third-order valence-corrected chi connectivity index (χ3v) is 4.21. The van der Waals surface area contributed by atoms with Gasteiger partial charge in [-0.2, -0.15) is 0 Å². The summed E-state index contributed by atoms with van der Waals surface area (Å²) in [6.07, 6.45) is 6.59. The zero-order valence-corrected chi connectivity index (χ0v) is 13.1. The van der Waals surface area contributed by atoms with Crippen molar-refractivity contribution in [2.45, 2.75) is 37.8 Å². The van der Waals surface area contributed by atoms with Crippen molar-refractivity contribution in [1.29, 1.82) is 0 Å². The molecular formula is C18H22N2O3. The molecule has 5 nitrogen and oxygen atoms in total. The van der Waals surface area contributed by atoms with Crippen molar-refractivity contribution in [3.8, 4) is 0 Å². The van der Waals surface area contributed by atoms with Gasteiger partial charge in [0.1, 0.15) is 0 Å². The van der Waals surface area contributed by atoms with Crippen LogP contribution in [0.1, 0.15) is 41.6 Å². The van der Waals surface area contributed by atoms with E-state index in [1.54, 1.807) is 23.1 Å². The van der Waals surface area contributed by atoms with E-state index in [0.717, 1.165) is 31.2 Å². The molecule has 5 heteroatoms. The van der Waals surface area contributed by atoms with Crippen molar-refractivity contribution < 1.29 is 14.7 Å². The predicted octanol–water partition coefficient (Wildman–Crippen LogP) is 1.58. The summed E-state index contributed by atoms with van der Waals surface area (Å²) in [5.41, 5.74) is 1.51. The highest BCUT2D eigenvalue weighted by atomic mass is 16.3. The highest BCUT2D eigenvalue weighted by Crippen LogP contribution is 2.19. The zero-order chi connectivity index (χ0) is 16.2. The number of carbonyl (C=O) groups excluding carboxylic acids is 2. The van der Waals surface area contributed by atoms with E-state index in [2.05, 4.69) is 5.32 Å². The number of benzene rings is 1. The van der Waals surface area contributed by atoms with Crippen LogP contribution in [0.15, 0.2) is 30.3 Å². The van der Waals surface area contributed by atoms with Gasteiger partial charge in [-0.25, -0.2) is 0 Å². The molecule has 1 saturated heterocycles. The molecule has 1 aliphatic carbocycles. The van der Waals surface area contributed by atoms with Crippen LogP contribution in [0, 0.1) is 0 Å². The molecule has 3 rings (SSSR count). The number of carbonyl (C=O) groups is 2. The Balaban J connectivity index is 1.56. The average Bonchev–Trinajstić information content (AvgIpc) is 3.37. The first-order chi connectivity index (χ1) is 11.1. The Morgan fingerprint density at radius 1 is 1.17 bits per heavy atom. The van der Waals surface area contributed by atoms with E-state index in [4.69, 9.17) is 0 Å². The SMILES string of the molecule is O=C(NC1CC1)c1ccc(C=CC(=O)N2CCCC(O)C2)cc1. The van der Waals surface area contributed by atoms with Crippen molar-refractivity contribution in [3.63, 3.8) is 0 Å². The molecule has 1 aliphatic heterocycles. The van der Waals surface area contributed by atoms with Gasteiger partial charge < -0.3 is 15.3 Å². The number of nitrogens with zero attached hydrogens (tertiary/aromatic N) is 1. The number of rotatable bonds is 4. The minimum atomic E-state index is -0.412. The van der Waals surface area contributed by atoms with Gasteiger partial charge in [-0.05, 0) is 49.5 Å². The molecule has 2 aliphatic rings. The van der Waals surface area contributed by atoms with Crippen LogP contribution in [-0.2, 0) is 4.79 Å². The third kappa shape index (κ3) is 4.42. The molecule has 1 unspecified atom stereocenters. The molecule has 1 aromatic rings. The van der Waals surface area contributed by atoms with Crippen LogP contribution in [0.5, 0.6) is 0 Å². The molecule has 0 aromatic heterocycles. The molecule has 0 bridgehead atoms. The normalized spacial score (nSPS) is 21.4. The summed E-state index contributed by atoms with van der Waals surface area (Å²) in [6.45, 7) is 1.10. The highest BCUT2D eigenvalue weighted by Gasteiger charge is 2.23. The second-order valence-corrected chi connectivity index (χ2v) is 6.28. The van der Waals surface area contributed by atoms with Gasteiger partial charge in [0, 0.05) is 30.8 Å². The van der Waals surface area contributed by atoms with Crippen LogP contribution in [-0.4, -0.2) is 47.1 Å². The molecule has 0 spiro atoms. The summed E-state index contributed by atoms with van der Waals surface area (Å²) in [5.74, 6) is -0.124. The van der Waals surface area contributed by atoms with Crippen LogP contribution < -0.4 is 5.32 Å². The lowest BCUT2D eigenvalue weighted by atomic mass is 10.1. The van der Waals surface area contributed by atoms with Crippen molar-refractivity contribution in [2.75, 3.05) is 13.1 Å². The first kappa shape index (κ1) is 15.7. The van der Waals surface area contributed by atoms with Crippen LogP contribution >= 0.6 is 0 Å². The molecule has 2 amide bonds. The molecule has 0 radical (unpaired) electrons. The van der Waals surface area contributed by atoms with Gasteiger partial charge >= 0.3 is 0 Å². The van der Waals surface area contributed by atoms with Crippen LogP contribution in [0.25, 0.3) is 6.08 Å². The summed E-state index contributed by atoms with van der Waals surface area (Å²) in [6, 6.07) is 7.55. The number of hydrogen-bond acceptors (Lipinski definition) is 3. The molecule has 1 atom stereocenters. The Bertz CT molecular complexity index is 605. The van der Waals surface area contributed by atoms with Gasteiger partial charge in [-0.15, -0.1) is 0 Å². The fraction of sp³-hybridized carbons (Fsp3) is 0.444. The number of aliphatic hydroxyl groups is 1. The lowest BCUT2D eigenvalue weighted by Gasteiger charge is -2.29. The van der Waals surface area contributed by atoms with E-state index in [1.807, 2.05) is 12.1 Å². The Hall–Kier alpha value is -2.14. The van der Waals surface area contributed by atoms with Crippen molar-refractivity contribution in [2.24, 2.45) is 0 Å². The van der Waals surface area contributed by atoms with E-state index in [1.165, 1.54) is 6.08 Å². The maximum Gasteiger partial charge on any atom is 0.251 e. The standard InChI is InChI=1S/C18H22N2O3/c21-16-2-1-11-20(12-16)17(22)10-5-13-3-6-14(7-4-13)18(23)19-15-8-9-15/h3-7,10,15-16,21H,1-2,8-9,11-12H2,(H,19,23). The first-order valence-corrected chi connectivity index (χ1v) is 8.18. The number of amides is 2. The van der Waals surface area contributed by atoms with Gasteiger partial charge in [0.25, 0.3) is 5.91 Å². The van der Waals surface area contributed by atoms with Crippen molar-refractivity contribution >= 4 is 17.9 Å².